The van der Waals surface area contributed by atoms with Gasteiger partial charge in [-0.05, 0) is 18.1 Å². The number of alkyl halides is 1. The number of carbonyl (C=O) groups is 1. The molecule has 1 aromatic heterocycles. The Morgan fingerprint density at radius 2 is 2.00 bits per heavy atom. The van der Waals surface area contributed by atoms with Crippen molar-refractivity contribution < 1.29 is 9.32 Å². The summed E-state index contributed by atoms with van der Waals surface area (Å²) in [5.41, 5.74) is 2.36. The van der Waals surface area contributed by atoms with Crippen molar-refractivity contribution in [2.24, 2.45) is 0 Å². The molecule has 0 fully saturated rings. The Morgan fingerprint density at radius 3 is 2.56 bits per heavy atom. The number of nitrogens with zero attached hydrogens (tertiary/aromatic N) is 1. The molecule has 0 aliphatic carbocycles. The first-order valence-electron chi connectivity index (χ1n) is 5.54. The van der Waals surface area contributed by atoms with Gasteiger partial charge >= 0.3 is 0 Å². The van der Waals surface area contributed by atoms with E-state index in [2.05, 4.69) is 10.5 Å². The topological polar surface area (TPSA) is 55.1 Å². The summed E-state index contributed by atoms with van der Waals surface area (Å²) < 4.78 is 4.84. The fraction of sp³-hybridized carbons (Fsp3) is 0.231. The number of amides is 1. The van der Waals surface area contributed by atoms with E-state index < -0.39 is 0 Å². The first kappa shape index (κ1) is 12.6. The van der Waals surface area contributed by atoms with Gasteiger partial charge in [0.15, 0.2) is 5.69 Å². The van der Waals surface area contributed by atoms with E-state index in [-0.39, 0.29) is 5.91 Å². The molecule has 0 saturated carbocycles. The maximum atomic E-state index is 11.7. The average Bonchev–Trinajstić information content (AvgIpc) is 2.83. The lowest BCUT2D eigenvalue weighted by Crippen LogP contribution is -2.23. The third-order valence-electron chi connectivity index (χ3n) is 2.49. The third-order valence-corrected chi connectivity index (χ3v) is 2.80. The number of aryl methyl sites for hydroxylation is 1. The Hall–Kier alpha value is -1.81. The Morgan fingerprint density at radius 1 is 1.33 bits per heavy atom. The van der Waals surface area contributed by atoms with Crippen LogP contribution in [0.15, 0.2) is 34.9 Å². The summed E-state index contributed by atoms with van der Waals surface area (Å²) in [6.07, 6.45) is 0. The standard InChI is InChI=1S/C13H13ClN2O2/c1-9-6-12(16-18-9)13(17)15-8-11-4-2-10(7-14)3-5-11/h2-6H,7-8H2,1H3,(H,15,17). The van der Waals surface area contributed by atoms with Gasteiger partial charge in [0.05, 0.1) is 0 Å². The second-order valence-electron chi connectivity index (χ2n) is 3.96. The lowest BCUT2D eigenvalue weighted by Gasteiger charge is -2.03. The molecule has 1 amide bonds. The first-order chi connectivity index (χ1) is 8.69. The molecule has 18 heavy (non-hydrogen) atoms. The van der Waals surface area contributed by atoms with Gasteiger partial charge in [-0.1, -0.05) is 29.4 Å². The van der Waals surface area contributed by atoms with Crippen molar-refractivity contribution in [3.8, 4) is 0 Å². The molecule has 0 aliphatic rings. The number of hydrogen-bond acceptors (Lipinski definition) is 3. The quantitative estimate of drug-likeness (QED) is 0.864. The van der Waals surface area contributed by atoms with E-state index in [0.717, 1.165) is 11.1 Å². The molecule has 0 aliphatic heterocycles. The molecule has 0 unspecified atom stereocenters. The highest BCUT2D eigenvalue weighted by molar-refractivity contribution is 6.17. The second kappa shape index (κ2) is 5.69. The van der Waals surface area contributed by atoms with Crippen LogP contribution < -0.4 is 5.32 Å². The molecule has 0 atom stereocenters. The lowest BCUT2D eigenvalue weighted by molar-refractivity contribution is 0.0942. The van der Waals surface area contributed by atoms with E-state index >= 15 is 0 Å². The lowest BCUT2D eigenvalue weighted by atomic mass is 10.1. The summed E-state index contributed by atoms with van der Waals surface area (Å²) in [5, 5.41) is 6.42. The minimum Gasteiger partial charge on any atom is -0.361 e. The summed E-state index contributed by atoms with van der Waals surface area (Å²) in [6.45, 7) is 2.20. The molecular formula is C13H13ClN2O2. The van der Waals surface area contributed by atoms with Gasteiger partial charge in [0.2, 0.25) is 0 Å². The summed E-state index contributed by atoms with van der Waals surface area (Å²) in [5.74, 6) is 0.866. The monoisotopic (exact) mass is 264 g/mol. The maximum absolute atomic E-state index is 11.7. The smallest absolute Gasteiger partial charge is 0.273 e. The van der Waals surface area contributed by atoms with Crippen LogP contribution in [-0.2, 0) is 12.4 Å². The average molecular weight is 265 g/mol. The number of aromatic nitrogens is 1. The number of rotatable bonds is 4. The van der Waals surface area contributed by atoms with Crippen LogP contribution in [0, 0.1) is 6.92 Å². The van der Waals surface area contributed by atoms with E-state index in [4.69, 9.17) is 16.1 Å². The minimum absolute atomic E-state index is 0.242. The predicted octanol–water partition coefficient (Wildman–Crippen LogP) is 2.65. The minimum atomic E-state index is -0.242. The highest BCUT2D eigenvalue weighted by Crippen LogP contribution is 2.07. The van der Waals surface area contributed by atoms with Crippen LogP contribution in [-0.4, -0.2) is 11.1 Å². The molecule has 2 aromatic rings. The molecule has 94 valence electrons. The Balaban J connectivity index is 1.92. The van der Waals surface area contributed by atoms with Crippen LogP contribution in [0.4, 0.5) is 0 Å². The van der Waals surface area contributed by atoms with E-state index in [1.165, 1.54) is 0 Å². The SMILES string of the molecule is Cc1cc(C(=O)NCc2ccc(CCl)cc2)no1. The van der Waals surface area contributed by atoms with Crippen molar-refractivity contribution in [2.75, 3.05) is 0 Å². The van der Waals surface area contributed by atoms with Crippen molar-refractivity contribution in [1.29, 1.82) is 0 Å². The van der Waals surface area contributed by atoms with Crippen molar-refractivity contribution in [1.82, 2.24) is 10.5 Å². The fourth-order valence-electron chi connectivity index (χ4n) is 1.49. The molecule has 0 saturated heterocycles. The van der Waals surface area contributed by atoms with Crippen LogP contribution in [0.25, 0.3) is 0 Å². The van der Waals surface area contributed by atoms with E-state index in [1.54, 1.807) is 13.0 Å². The van der Waals surface area contributed by atoms with Crippen LogP contribution in [0.3, 0.4) is 0 Å². The number of carbonyl (C=O) groups excluding carboxylic acids is 1. The molecule has 5 heteroatoms. The summed E-state index contributed by atoms with van der Waals surface area (Å²) in [7, 11) is 0. The van der Waals surface area contributed by atoms with Gasteiger partial charge in [-0.3, -0.25) is 4.79 Å². The highest BCUT2D eigenvalue weighted by Gasteiger charge is 2.09. The van der Waals surface area contributed by atoms with Crippen LogP contribution in [0.2, 0.25) is 0 Å². The Bertz CT molecular complexity index is 534. The largest absolute Gasteiger partial charge is 0.361 e. The molecule has 0 bridgehead atoms. The van der Waals surface area contributed by atoms with Gasteiger partial charge in [-0.25, -0.2) is 0 Å². The van der Waals surface area contributed by atoms with E-state index in [1.807, 2.05) is 24.3 Å². The zero-order chi connectivity index (χ0) is 13.0. The number of nitrogens with one attached hydrogen (secondary N) is 1. The van der Waals surface area contributed by atoms with Gasteiger partial charge in [0, 0.05) is 18.5 Å². The van der Waals surface area contributed by atoms with Crippen LogP contribution >= 0.6 is 11.6 Å². The first-order valence-corrected chi connectivity index (χ1v) is 6.08. The van der Waals surface area contributed by atoms with E-state index in [0.29, 0.717) is 23.9 Å². The summed E-state index contributed by atoms with van der Waals surface area (Å²) >= 11 is 5.70. The molecule has 1 heterocycles. The van der Waals surface area contributed by atoms with Crippen LogP contribution in [0.5, 0.6) is 0 Å². The van der Waals surface area contributed by atoms with Gasteiger partial charge in [-0.2, -0.15) is 0 Å². The molecule has 0 radical (unpaired) electrons. The van der Waals surface area contributed by atoms with Crippen LogP contribution in [0.1, 0.15) is 27.4 Å². The Kier molecular flexibility index (Phi) is 3.99. The number of benzene rings is 1. The zero-order valence-corrected chi connectivity index (χ0v) is 10.7. The van der Waals surface area contributed by atoms with Crippen molar-refractivity contribution in [2.45, 2.75) is 19.3 Å². The molecule has 4 nitrogen and oxygen atoms in total. The maximum Gasteiger partial charge on any atom is 0.273 e. The highest BCUT2D eigenvalue weighted by atomic mass is 35.5. The molecule has 2 rings (SSSR count). The molecular weight excluding hydrogens is 252 g/mol. The molecule has 1 aromatic carbocycles. The van der Waals surface area contributed by atoms with Gasteiger partial charge in [0.25, 0.3) is 5.91 Å². The van der Waals surface area contributed by atoms with Gasteiger partial charge < -0.3 is 9.84 Å². The predicted molar refractivity (Wildman–Crippen MR) is 68.4 cm³/mol. The van der Waals surface area contributed by atoms with E-state index in [9.17, 15) is 4.79 Å². The van der Waals surface area contributed by atoms with Gasteiger partial charge in [-0.15, -0.1) is 11.6 Å². The van der Waals surface area contributed by atoms with Crippen molar-refractivity contribution in [3.63, 3.8) is 0 Å². The summed E-state index contributed by atoms with van der Waals surface area (Å²) in [4.78, 5) is 11.7. The van der Waals surface area contributed by atoms with Gasteiger partial charge in [0.1, 0.15) is 5.76 Å². The fourth-order valence-corrected chi connectivity index (χ4v) is 1.67. The second-order valence-corrected chi connectivity index (χ2v) is 4.22. The van der Waals surface area contributed by atoms with Crippen molar-refractivity contribution in [3.05, 3.63) is 52.9 Å². The number of hydrogen-bond donors (Lipinski definition) is 1. The normalized spacial score (nSPS) is 10.3. The molecule has 1 N–H and O–H groups in total. The zero-order valence-electron chi connectivity index (χ0n) is 9.94. The summed E-state index contributed by atoms with van der Waals surface area (Å²) in [6, 6.07) is 9.35. The third kappa shape index (κ3) is 3.11. The van der Waals surface area contributed by atoms with Crippen molar-refractivity contribution >= 4 is 17.5 Å². The molecule has 0 spiro atoms. The number of halogens is 1. The Labute approximate surface area is 110 Å².